The highest BCUT2D eigenvalue weighted by Gasteiger charge is 2.37. The largest absolute Gasteiger partial charge is 0.310 e. The maximum absolute atomic E-state index is 2.45. The van der Waals surface area contributed by atoms with Crippen LogP contribution >= 0.6 is 0 Å². The van der Waals surface area contributed by atoms with Crippen molar-refractivity contribution in [2.75, 3.05) is 4.90 Å². The van der Waals surface area contributed by atoms with Gasteiger partial charge in [0.2, 0.25) is 0 Å². The van der Waals surface area contributed by atoms with Crippen LogP contribution in [0.1, 0.15) is 25.0 Å². The maximum Gasteiger partial charge on any atom is 0.0543 e. The molecule has 0 heterocycles. The molecule has 0 saturated heterocycles. The van der Waals surface area contributed by atoms with E-state index in [9.17, 15) is 0 Å². The normalized spacial score (nSPS) is 13.0. The van der Waals surface area contributed by atoms with E-state index in [0.717, 1.165) is 11.4 Å². The maximum atomic E-state index is 2.45. The fourth-order valence-corrected chi connectivity index (χ4v) is 9.57. The molecule has 9 aromatic carbocycles. The minimum Gasteiger partial charge on any atom is -0.310 e. The highest BCUT2D eigenvalue weighted by Crippen LogP contribution is 2.55. The monoisotopic (exact) mass is 713 g/mol. The summed E-state index contributed by atoms with van der Waals surface area (Å²) in [6.07, 6.45) is 0. The lowest BCUT2D eigenvalue weighted by Gasteiger charge is -2.29. The van der Waals surface area contributed by atoms with Crippen molar-refractivity contribution in [3.63, 3.8) is 0 Å². The number of fused-ring (bicyclic) bond motifs is 6. The molecule has 1 heteroatoms. The van der Waals surface area contributed by atoms with Crippen molar-refractivity contribution >= 4 is 27.8 Å². The second-order valence-corrected chi connectivity index (χ2v) is 15.6. The summed E-state index contributed by atoms with van der Waals surface area (Å²) >= 11 is 0. The standard InChI is InChI=1S/C55H39N/c1-55(2)49-21-12-11-20-48(49)54-50(55)22-13-23-51(54)56(40-28-24-37(25-29-40)36-14-5-3-6-15-36)41-30-26-39(27-31-41)43-33-35-47-45-19-10-9-18-44(45)46-34-32-42(52(43)53(46)47)38-16-7-4-8-17-38/h3-35H,1-2H3. The van der Waals surface area contributed by atoms with Crippen LogP contribution in [-0.4, -0.2) is 0 Å². The van der Waals surface area contributed by atoms with E-state index in [0.29, 0.717) is 0 Å². The van der Waals surface area contributed by atoms with E-state index < -0.39 is 0 Å². The Labute approximate surface area is 328 Å². The molecule has 264 valence electrons. The first-order valence-electron chi connectivity index (χ1n) is 19.6. The van der Waals surface area contributed by atoms with Gasteiger partial charge in [-0.05, 0) is 113 Å². The van der Waals surface area contributed by atoms with Crippen molar-refractivity contribution < 1.29 is 0 Å². The minimum atomic E-state index is -0.0967. The molecule has 0 N–H and O–H groups in total. The smallest absolute Gasteiger partial charge is 0.0543 e. The van der Waals surface area contributed by atoms with Gasteiger partial charge in [0.15, 0.2) is 0 Å². The lowest BCUT2D eigenvalue weighted by molar-refractivity contribution is 0.660. The Bertz CT molecular complexity index is 2930. The lowest BCUT2D eigenvalue weighted by atomic mass is 9.82. The summed E-state index contributed by atoms with van der Waals surface area (Å²) in [5, 5.41) is 2.65. The molecular formula is C55H39N. The molecule has 11 rings (SSSR count). The predicted molar refractivity (Wildman–Crippen MR) is 237 cm³/mol. The second-order valence-electron chi connectivity index (χ2n) is 15.6. The Morgan fingerprint density at radius 3 is 1.34 bits per heavy atom. The van der Waals surface area contributed by atoms with Crippen molar-refractivity contribution in [1.82, 2.24) is 0 Å². The molecule has 0 unspecified atom stereocenters. The quantitative estimate of drug-likeness (QED) is 0.166. The van der Waals surface area contributed by atoms with Crippen LogP contribution in [0.25, 0.3) is 77.5 Å². The first-order chi connectivity index (χ1) is 27.6. The van der Waals surface area contributed by atoms with Gasteiger partial charge in [0.1, 0.15) is 0 Å². The first kappa shape index (κ1) is 32.5. The summed E-state index contributed by atoms with van der Waals surface area (Å²) < 4.78 is 0. The van der Waals surface area contributed by atoms with Gasteiger partial charge in [-0.3, -0.25) is 0 Å². The summed E-state index contributed by atoms with van der Waals surface area (Å²) in [5.74, 6) is 0. The number of benzene rings is 9. The average molecular weight is 714 g/mol. The third-order valence-electron chi connectivity index (χ3n) is 12.2. The summed E-state index contributed by atoms with van der Waals surface area (Å²) in [4.78, 5) is 2.45. The predicted octanol–water partition coefficient (Wildman–Crippen LogP) is 15.3. The highest BCUT2D eigenvalue weighted by atomic mass is 15.1. The third-order valence-corrected chi connectivity index (χ3v) is 12.2. The van der Waals surface area contributed by atoms with Crippen molar-refractivity contribution in [1.29, 1.82) is 0 Å². The number of rotatable bonds is 6. The average Bonchev–Trinajstić information content (AvgIpc) is 3.71. The molecule has 0 aromatic heterocycles. The van der Waals surface area contributed by atoms with Crippen LogP contribution in [0, 0.1) is 0 Å². The molecule has 9 aromatic rings. The molecule has 0 spiro atoms. The molecule has 0 aliphatic heterocycles. The van der Waals surface area contributed by atoms with Gasteiger partial charge in [-0.2, -0.15) is 0 Å². The number of anilines is 3. The van der Waals surface area contributed by atoms with Crippen LogP contribution in [0.3, 0.4) is 0 Å². The fraction of sp³-hybridized carbons (Fsp3) is 0.0545. The van der Waals surface area contributed by atoms with Gasteiger partial charge in [-0.1, -0.05) is 184 Å². The summed E-state index contributed by atoms with van der Waals surface area (Å²) in [6, 6.07) is 73.8. The van der Waals surface area contributed by atoms with Crippen LogP contribution in [0.15, 0.2) is 200 Å². The molecule has 56 heavy (non-hydrogen) atoms. The van der Waals surface area contributed by atoms with Crippen LogP contribution in [-0.2, 0) is 5.41 Å². The van der Waals surface area contributed by atoms with E-state index in [1.807, 2.05) is 0 Å². The molecule has 0 saturated carbocycles. The first-order valence-corrected chi connectivity index (χ1v) is 19.6. The molecule has 1 nitrogen and oxygen atoms in total. The Morgan fingerprint density at radius 1 is 0.304 bits per heavy atom. The zero-order chi connectivity index (χ0) is 37.4. The molecule has 2 aliphatic carbocycles. The van der Waals surface area contributed by atoms with Gasteiger partial charge in [0.05, 0.1) is 5.69 Å². The fourth-order valence-electron chi connectivity index (χ4n) is 9.57. The van der Waals surface area contributed by atoms with Gasteiger partial charge in [0.25, 0.3) is 0 Å². The SMILES string of the molecule is CC1(C)c2ccccc2-c2c(N(c3ccc(-c4ccccc4)cc3)c3ccc(-c4ccc5c6c(ccc(-c7ccccc7)c46)-c4ccccc4-5)cc3)cccc21. The molecular weight excluding hydrogens is 675 g/mol. The topological polar surface area (TPSA) is 3.24 Å². The number of hydrogen-bond donors (Lipinski definition) is 0. The van der Waals surface area contributed by atoms with Crippen molar-refractivity contribution in [2.24, 2.45) is 0 Å². The van der Waals surface area contributed by atoms with E-state index in [1.165, 1.54) is 94.3 Å². The van der Waals surface area contributed by atoms with Crippen molar-refractivity contribution in [3.05, 3.63) is 211 Å². The molecule has 0 radical (unpaired) electrons. The Balaban J connectivity index is 1.09. The van der Waals surface area contributed by atoms with E-state index in [4.69, 9.17) is 0 Å². The summed E-state index contributed by atoms with van der Waals surface area (Å²) in [7, 11) is 0. The van der Waals surface area contributed by atoms with Crippen LogP contribution in [0.2, 0.25) is 0 Å². The number of hydrogen-bond acceptors (Lipinski definition) is 1. The molecule has 0 bridgehead atoms. The number of nitrogens with zero attached hydrogens (tertiary/aromatic N) is 1. The molecule has 2 aliphatic rings. The van der Waals surface area contributed by atoms with E-state index in [1.54, 1.807) is 0 Å². The molecule has 0 amide bonds. The van der Waals surface area contributed by atoms with Crippen LogP contribution in [0.4, 0.5) is 17.1 Å². The van der Waals surface area contributed by atoms with Gasteiger partial charge in [-0.15, -0.1) is 0 Å². The zero-order valence-corrected chi connectivity index (χ0v) is 31.5. The zero-order valence-electron chi connectivity index (χ0n) is 31.5. The lowest BCUT2D eigenvalue weighted by Crippen LogP contribution is -2.16. The van der Waals surface area contributed by atoms with Crippen molar-refractivity contribution in [2.45, 2.75) is 19.3 Å². The van der Waals surface area contributed by atoms with Crippen LogP contribution < -0.4 is 4.90 Å². The Kier molecular flexibility index (Phi) is 7.28. The summed E-state index contributed by atoms with van der Waals surface area (Å²) in [6.45, 7) is 4.71. The van der Waals surface area contributed by atoms with E-state index in [-0.39, 0.29) is 5.41 Å². The Hall–Kier alpha value is -6.96. The molecule has 0 atom stereocenters. The van der Waals surface area contributed by atoms with E-state index >= 15 is 0 Å². The molecule has 0 fully saturated rings. The van der Waals surface area contributed by atoms with Crippen molar-refractivity contribution in [3.8, 4) is 66.8 Å². The van der Waals surface area contributed by atoms with Gasteiger partial charge >= 0.3 is 0 Å². The second kappa shape index (κ2) is 12.5. The third kappa shape index (κ3) is 4.87. The van der Waals surface area contributed by atoms with E-state index in [2.05, 4.69) is 219 Å². The van der Waals surface area contributed by atoms with Gasteiger partial charge < -0.3 is 4.90 Å². The Morgan fingerprint density at radius 2 is 0.732 bits per heavy atom. The van der Waals surface area contributed by atoms with Crippen LogP contribution in [0.5, 0.6) is 0 Å². The van der Waals surface area contributed by atoms with Gasteiger partial charge in [0, 0.05) is 22.4 Å². The summed E-state index contributed by atoms with van der Waals surface area (Å²) in [5.41, 5.74) is 21.3. The minimum absolute atomic E-state index is 0.0967. The highest BCUT2D eigenvalue weighted by molar-refractivity contribution is 6.22. The van der Waals surface area contributed by atoms with Gasteiger partial charge in [-0.25, -0.2) is 0 Å².